The summed E-state index contributed by atoms with van der Waals surface area (Å²) in [5.74, 6) is 4.46. The summed E-state index contributed by atoms with van der Waals surface area (Å²) < 4.78 is 0. The van der Waals surface area contributed by atoms with Crippen molar-refractivity contribution in [1.29, 1.82) is 0 Å². The molecule has 5 fully saturated rings. The number of rotatable bonds is 4. The summed E-state index contributed by atoms with van der Waals surface area (Å²) in [6, 6.07) is 10.3. The van der Waals surface area contributed by atoms with Crippen LogP contribution in [0.4, 0.5) is 17.5 Å². The molecule has 0 radical (unpaired) electrons. The number of amides is 1. The number of hydrogen-bond acceptors (Lipinski definition) is 5. The second kappa shape index (κ2) is 8.00. The molecule has 4 bridgehead atoms. The first-order chi connectivity index (χ1) is 16.0. The molecule has 4 aliphatic carbocycles. The highest BCUT2D eigenvalue weighted by Gasteiger charge is 2.55. The first-order valence-corrected chi connectivity index (χ1v) is 12.7. The van der Waals surface area contributed by atoms with E-state index in [0.29, 0.717) is 11.9 Å². The molecule has 1 aromatic carbocycles. The second-order valence-corrected chi connectivity index (χ2v) is 11.2. The third kappa shape index (κ3) is 3.98. The number of aryl methyl sites for hydroxylation is 2. The van der Waals surface area contributed by atoms with Crippen LogP contribution in [0, 0.1) is 37.0 Å². The third-order valence-corrected chi connectivity index (χ3v) is 8.53. The van der Waals surface area contributed by atoms with Crippen molar-refractivity contribution >= 4 is 23.4 Å². The monoisotopic (exact) mass is 445 g/mol. The van der Waals surface area contributed by atoms with E-state index >= 15 is 0 Å². The van der Waals surface area contributed by atoms with Gasteiger partial charge in [-0.3, -0.25) is 4.79 Å². The smallest absolute Gasteiger partial charge is 0.229 e. The average Bonchev–Trinajstić information content (AvgIpc) is 2.79. The molecule has 6 nitrogen and oxygen atoms in total. The van der Waals surface area contributed by atoms with Crippen molar-refractivity contribution in [2.75, 3.05) is 36.4 Å². The zero-order valence-electron chi connectivity index (χ0n) is 19.9. The molecule has 33 heavy (non-hydrogen) atoms. The molecule has 0 atom stereocenters. The summed E-state index contributed by atoms with van der Waals surface area (Å²) in [5.41, 5.74) is 3.13. The summed E-state index contributed by atoms with van der Waals surface area (Å²) in [7, 11) is 0. The quantitative estimate of drug-likeness (QED) is 0.739. The molecule has 1 aliphatic heterocycles. The van der Waals surface area contributed by atoms with E-state index in [9.17, 15) is 4.79 Å². The molecule has 2 heterocycles. The van der Waals surface area contributed by atoms with Gasteiger partial charge in [-0.2, -0.15) is 4.98 Å². The number of carbonyl (C=O) groups is 1. The molecule has 0 unspecified atom stereocenters. The van der Waals surface area contributed by atoms with Gasteiger partial charge >= 0.3 is 0 Å². The number of anilines is 3. The van der Waals surface area contributed by atoms with Crippen LogP contribution in [-0.4, -0.2) is 47.0 Å². The van der Waals surface area contributed by atoms with Crippen molar-refractivity contribution < 1.29 is 4.79 Å². The lowest BCUT2D eigenvalue weighted by molar-refractivity contribution is -0.158. The first-order valence-electron chi connectivity index (χ1n) is 12.7. The number of nitrogens with zero attached hydrogens (tertiary/aromatic N) is 4. The summed E-state index contributed by atoms with van der Waals surface area (Å²) in [4.78, 5) is 27.6. The molecular weight excluding hydrogens is 410 g/mol. The van der Waals surface area contributed by atoms with Gasteiger partial charge in [-0.25, -0.2) is 4.98 Å². The van der Waals surface area contributed by atoms with Crippen LogP contribution in [0.15, 0.2) is 30.3 Å². The summed E-state index contributed by atoms with van der Waals surface area (Å²) in [6.45, 7) is 7.35. The number of carbonyl (C=O) groups excluding carboxylic acids is 1. The minimum Gasteiger partial charge on any atom is -0.353 e. The van der Waals surface area contributed by atoms with E-state index in [2.05, 4.69) is 57.4 Å². The van der Waals surface area contributed by atoms with E-state index in [-0.39, 0.29) is 5.41 Å². The largest absolute Gasteiger partial charge is 0.353 e. The number of benzene rings is 1. The molecule has 5 aliphatic rings. The molecule has 1 N–H and O–H groups in total. The highest BCUT2D eigenvalue weighted by molar-refractivity contribution is 5.83. The zero-order chi connectivity index (χ0) is 22.6. The summed E-state index contributed by atoms with van der Waals surface area (Å²) >= 11 is 0. The van der Waals surface area contributed by atoms with Crippen LogP contribution in [0.2, 0.25) is 0 Å². The van der Waals surface area contributed by atoms with Gasteiger partial charge in [-0.05, 0) is 82.3 Å². The first kappa shape index (κ1) is 20.9. The topological polar surface area (TPSA) is 61.4 Å². The summed E-state index contributed by atoms with van der Waals surface area (Å²) in [5, 5.41) is 3.34. The van der Waals surface area contributed by atoms with Gasteiger partial charge < -0.3 is 15.1 Å². The van der Waals surface area contributed by atoms with E-state index < -0.39 is 0 Å². The van der Waals surface area contributed by atoms with E-state index in [0.717, 1.165) is 80.4 Å². The van der Waals surface area contributed by atoms with Crippen molar-refractivity contribution in [2.45, 2.75) is 52.4 Å². The van der Waals surface area contributed by atoms with Crippen molar-refractivity contribution in [2.24, 2.45) is 23.2 Å². The average molecular weight is 446 g/mol. The number of hydrogen-bond donors (Lipinski definition) is 1. The van der Waals surface area contributed by atoms with Crippen molar-refractivity contribution in [3.8, 4) is 0 Å². The molecule has 7 rings (SSSR count). The van der Waals surface area contributed by atoms with E-state index in [1.807, 2.05) is 6.92 Å². The molecule has 1 aromatic heterocycles. The number of nitrogens with one attached hydrogen (secondary N) is 1. The lowest BCUT2D eigenvalue weighted by Gasteiger charge is -2.57. The maximum Gasteiger partial charge on any atom is 0.229 e. The van der Waals surface area contributed by atoms with Crippen LogP contribution in [-0.2, 0) is 4.79 Å². The normalized spacial score (nSPS) is 30.5. The van der Waals surface area contributed by atoms with Crippen molar-refractivity contribution in [1.82, 2.24) is 14.9 Å². The molecule has 1 saturated heterocycles. The van der Waals surface area contributed by atoms with Gasteiger partial charge in [-0.15, -0.1) is 0 Å². The summed E-state index contributed by atoms with van der Waals surface area (Å²) in [6.07, 6.45) is 7.59. The molecule has 4 saturated carbocycles. The lowest BCUT2D eigenvalue weighted by Crippen LogP contribution is -2.58. The van der Waals surface area contributed by atoms with Gasteiger partial charge in [-0.1, -0.05) is 17.7 Å². The molecule has 0 spiro atoms. The van der Waals surface area contributed by atoms with Crippen molar-refractivity contribution in [3.63, 3.8) is 0 Å². The van der Waals surface area contributed by atoms with Gasteiger partial charge in [0, 0.05) is 43.6 Å². The zero-order valence-corrected chi connectivity index (χ0v) is 19.9. The molecule has 1 amide bonds. The highest BCUT2D eigenvalue weighted by atomic mass is 16.2. The van der Waals surface area contributed by atoms with Crippen molar-refractivity contribution in [3.05, 3.63) is 41.6 Å². The Morgan fingerprint density at radius 3 is 2.12 bits per heavy atom. The Morgan fingerprint density at radius 2 is 1.52 bits per heavy atom. The van der Waals surface area contributed by atoms with Gasteiger partial charge in [0.25, 0.3) is 0 Å². The Hall–Kier alpha value is -2.63. The fourth-order valence-corrected chi connectivity index (χ4v) is 7.38. The van der Waals surface area contributed by atoms with E-state index in [4.69, 9.17) is 4.98 Å². The fourth-order valence-electron chi connectivity index (χ4n) is 7.38. The predicted molar refractivity (Wildman–Crippen MR) is 131 cm³/mol. The van der Waals surface area contributed by atoms with Gasteiger partial charge in [0.15, 0.2) is 0 Å². The van der Waals surface area contributed by atoms with Crippen LogP contribution < -0.4 is 10.2 Å². The predicted octanol–water partition coefficient (Wildman–Crippen LogP) is 4.70. The van der Waals surface area contributed by atoms with Crippen LogP contribution >= 0.6 is 0 Å². The lowest BCUT2D eigenvalue weighted by atomic mass is 9.49. The van der Waals surface area contributed by atoms with Crippen LogP contribution in [0.25, 0.3) is 0 Å². The Labute approximate surface area is 196 Å². The minimum absolute atomic E-state index is 0.0342. The maximum absolute atomic E-state index is 13.7. The van der Waals surface area contributed by atoms with E-state index in [1.54, 1.807) is 0 Å². The SMILES string of the molecule is Cc1ccc(Nc2nc(C)cc(N3CCN(C(=O)C45CC6CC(CC(C6)C4)C5)CC3)n2)cc1. The van der Waals surface area contributed by atoms with Crippen LogP contribution in [0.3, 0.4) is 0 Å². The third-order valence-electron chi connectivity index (χ3n) is 8.53. The van der Waals surface area contributed by atoms with Gasteiger partial charge in [0.2, 0.25) is 11.9 Å². The number of aromatic nitrogens is 2. The number of piperazine rings is 1. The Bertz CT molecular complexity index is 1010. The van der Waals surface area contributed by atoms with Crippen LogP contribution in [0.1, 0.15) is 49.8 Å². The minimum atomic E-state index is -0.0342. The highest BCUT2D eigenvalue weighted by Crippen LogP contribution is 2.60. The Kier molecular flexibility index (Phi) is 5.07. The maximum atomic E-state index is 13.7. The van der Waals surface area contributed by atoms with Crippen LogP contribution in [0.5, 0.6) is 0 Å². The Balaban J connectivity index is 1.12. The van der Waals surface area contributed by atoms with E-state index in [1.165, 1.54) is 24.8 Å². The second-order valence-electron chi connectivity index (χ2n) is 11.2. The van der Waals surface area contributed by atoms with Gasteiger partial charge in [0.1, 0.15) is 5.82 Å². The molecule has 6 heteroatoms. The molecular formula is C27H35N5O. The molecule has 2 aromatic rings. The Morgan fingerprint density at radius 1 is 0.909 bits per heavy atom. The van der Waals surface area contributed by atoms with Gasteiger partial charge in [0.05, 0.1) is 5.41 Å². The molecule has 174 valence electrons. The fraction of sp³-hybridized carbons (Fsp3) is 0.593. The standard InChI is InChI=1S/C27H35N5O/c1-18-3-5-23(6-4-18)29-26-28-19(2)11-24(30-26)31-7-9-32(10-8-31)25(33)27-15-20-12-21(16-27)14-22(13-20)17-27/h3-6,11,20-22H,7-10,12-17H2,1-2H3,(H,28,29,30).